The van der Waals surface area contributed by atoms with E-state index < -0.39 is 0 Å². The smallest absolute Gasteiger partial charge is 0.137 e. The molecule has 1 atom stereocenters. The highest BCUT2D eigenvalue weighted by Gasteiger charge is 2.07. The van der Waals surface area contributed by atoms with Gasteiger partial charge in [-0.05, 0) is 53.5 Å². The topological polar surface area (TPSA) is 40.7 Å². The van der Waals surface area contributed by atoms with Gasteiger partial charge in [-0.15, -0.1) is 0 Å². The highest BCUT2D eigenvalue weighted by Crippen LogP contribution is 2.21. The van der Waals surface area contributed by atoms with Gasteiger partial charge in [-0.1, -0.05) is 6.07 Å². The number of benzene rings is 1. The minimum atomic E-state index is -0.228. The summed E-state index contributed by atoms with van der Waals surface area (Å²) in [6, 6.07) is 5.32. The molecule has 0 fully saturated rings. The first kappa shape index (κ1) is 14.2. The van der Waals surface area contributed by atoms with E-state index in [2.05, 4.69) is 38.1 Å². The van der Waals surface area contributed by atoms with E-state index in [4.69, 9.17) is 0 Å². The van der Waals surface area contributed by atoms with Crippen LogP contribution < -0.4 is 5.32 Å². The Hall–Kier alpha value is -1.20. The summed E-state index contributed by atoms with van der Waals surface area (Å²) in [6.45, 7) is 2.98. The van der Waals surface area contributed by atoms with Gasteiger partial charge < -0.3 is 10.3 Å². The number of hydrogen-bond acceptors (Lipinski definition) is 2. The van der Waals surface area contributed by atoms with Crippen LogP contribution >= 0.6 is 15.9 Å². The van der Waals surface area contributed by atoms with Crippen molar-refractivity contribution < 1.29 is 4.39 Å². The van der Waals surface area contributed by atoms with Crippen molar-refractivity contribution in [3.8, 4) is 0 Å². The number of rotatable bonds is 6. The third kappa shape index (κ3) is 4.14. The number of H-pyrrole nitrogens is 1. The predicted octanol–water partition coefficient (Wildman–Crippen LogP) is 3.59. The maximum atomic E-state index is 13.1. The van der Waals surface area contributed by atoms with E-state index in [1.165, 1.54) is 6.07 Å². The molecule has 0 spiro atoms. The van der Waals surface area contributed by atoms with Crippen molar-refractivity contribution in [1.82, 2.24) is 15.3 Å². The number of aryl methyl sites for hydroxylation is 1. The second-order valence-electron chi connectivity index (χ2n) is 4.49. The number of imidazole rings is 1. The van der Waals surface area contributed by atoms with Crippen molar-refractivity contribution in [2.75, 3.05) is 6.54 Å². The second-order valence-corrected chi connectivity index (χ2v) is 5.34. The minimum Gasteiger partial charge on any atom is -0.349 e. The molecule has 0 amide bonds. The fourth-order valence-corrected chi connectivity index (χ4v) is 2.31. The molecule has 102 valence electrons. The van der Waals surface area contributed by atoms with Crippen molar-refractivity contribution >= 4 is 15.9 Å². The van der Waals surface area contributed by atoms with Crippen molar-refractivity contribution in [3.05, 3.63) is 52.3 Å². The monoisotopic (exact) mass is 325 g/mol. The molecule has 0 aliphatic rings. The van der Waals surface area contributed by atoms with Gasteiger partial charge in [-0.2, -0.15) is 0 Å². The van der Waals surface area contributed by atoms with Crippen molar-refractivity contribution in [2.24, 2.45) is 0 Å². The molecular weight excluding hydrogens is 309 g/mol. The van der Waals surface area contributed by atoms with E-state index in [0.717, 1.165) is 30.8 Å². The van der Waals surface area contributed by atoms with Crippen LogP contribution in [0.3, 0.4) is 0 Å². The summed E-state index contributed by atoms with van der Waals surface area (Å²) in [4.78, 5) is 7.27. The molecule has 1 unspecified atom stereocenters. The molecule has 19 heavy (non-hydrogen) atoms. The largest absolute Gasteiger partial charge is 0.349 e. The van der Waals surface area contributed by atoms with Crippen LogP contribution in [0.4, 0.5) is 4.39 Å². The van der Waals surface area contributed by atoms with Crippen LogP contribution in [0.1, 0.15) is 30.8 Å². The Balaban J connectivity index is 1.77. The summed E-state index contributed by atoms with van der Waals surface area (Å²) >= 11 is 3.21. The van der Waals surface area contributed by atoms with Gasteiger partial charge in [0.05, 0.1) is 4.47 Å². The quantitative estimate of drug-likeness (QED) is 0.797. The molecule has 0 saturated carbocycles. The summed E-state index contributed by atoms with van der Waals surface area (Å²) < 4.78 is 13.7. The van der Waals surface area contributed by atoms with Gasteiger partial charge in [0.15, 0.2) is 0 Å². The average Bonchev–Trinajstić information content (AvgIpc) is 2.91. The zero-order chi connectivity index (χ0) is 13.7. The Kier molecular flexibility index (Phi) is 5.10. The van der Waals surface area contributed by atoms with Crippen LogP contribution in [0.5, 0.6) is 0 Å². The van der Waals surface area contributed by atoms with E-state index in [-0.39, 0.29) is 11.9 Å². The number of aromatic nitrogens is 2. The van der Waals surface area contributed by atoms with Crippen LogP contribution in [-0.2, 0) is 6.42 Å². The molecule has 2 aromatic rings. The molecule has 1 aromatic heterocycles. The molecular formula is C14H17BrFN3. The van der Waals surface area contributed by atoms with Gasteiger partial charge >= 0.3 is 0 Å². The summed E-state index contributed by atoms with van der Waals surface area (Å²) in [6.07, 6.45) is 5.54. The fourth-order valence-electron chi connectivity index (χ4n) is 1.91. The zero-order valence-corrected chi connectivity index (χ0v) is 12.4. The molecule has 2 N–H and O–H groups in total. The fraction of sp³-hybridized carbons (Fsp3) is 0.357. The summed E-state index contributed by atoms with van der Waals surface area (Å²) in [5.74, 6) is 0.785. The molecule has 3 nitrogen and oxygen atoms in total. The number of nitrogens with zero attached hydrogens (tertiary/aromatic N) is 1. The van der Waals surface area contributed by atoms with E-state index in [1.807, 2.05) is 18.3 Å². The molecule has 0 aliphatic heterocycles. The number of aromatic amines is 1. The van der Waals surface area contributed by atoms with Crippen molar-refractivity contribution in [1.29, 1.82) is 0 Å². The van der Waals surface area contributed by atoms with E-state index in [1.54, 1.807) is 6.20 Å². The van der Waals surface area contributed by atoms with Crippen LogP contribution in [0, 0.1) is 5.82 Å². The molecule has 1 aromatic carbocycles. The van der Waals surface area contributed by atoms with Crippen LogP contribution in [0.2, 0.25) is 0 Å². The van der Waals surface area contributed by atoms with Gasteiger partial charge in [0.1, 0.15) is 11.6 Å². The Morgan fingerprint density at radius 3 is 3.00 bits per heavy atom. The zero-order valence-electron chi connectivity index (χ0n) is 10.8. The van der Waals surface area contributed by atoms with Gasteiger partial charge in [-0.3, -0.25) is 0 Å². The highest BCUT2D eigenvalue weighted by atomic mass is 79.9. The predicted molar refractivity (Wildman–Crippen MR) is 77.4 cm³/mol. The molecule has 0 saturated heterocycles. The third-order valence-corrected chi connectivity index (χ3v) is 3.65. The number of halogens is 2. The third-order valence-electron chi connectivity index (χ3n) is 3.04. The standard InChI is InChI=1S/C14H17BrFN3/c1-10(11-4-5-13(16)12(15)9-11)17-6-2-3-14-18-7-8-19-14/h4-5,7-10,17H,2-3,6H2,1H3,(H,18,19). The molecule has 0 radical (unpaired) electrons. The minimum absolute atomic E-state index is 0.202. The molecule has 1 heterocycles. The second kappa shape index (κ2) is 6.82. The number of hydrogen-bond donors (Lipinski definition) is 2. The normalized spacial score (nSPS) is 12.6. The summed E-state index contributed by atoms with van der Waals surface area (Å²) in [7, 11) is 0. The van der Waals surface area contributed by atoms with E-state index in [0.29, 0.717) is 4.47 Å². The van der Waals surface area contributed by atoms with Crippen molar-refractivity contribution in [2.45, 2.75) is 25.8 Å². The van der Waals surface area contributed by atoms with Crippen LogP contribution in [0.15, 0.2) is 35.1 Å². The first-order chi connectivity index (χ1) is 9.16. The van der Waals surface area contributed by atoms with E-state index >= 15 is 0 Å². The summed E-state index contributed by atoms with van der Waals surface area (Å²) in [5.41, 5.74) is 1.08. The Bertz CT molecular complexity index is 513. The molecule has 2 rings (SSSR count). The SMILES string of the molecule is CC(NCCCc1ncc[nH]1)c1ccc(F)c(Br)c1. The van der Waals surface area contributed by atoms with Crippen molar-refractivity contribution in [3.63, 3.8) is 0 Å². The lowest BCUT2D eigenvalue weighted by molar-refractivity contribution is 0.552. The van der Waals surface area contributed by atoms with Gasteiger partial charge in [0.2, 0.25) is 0 Å². The lowest BCUT2D eigenvalue weighted by atomic mass is 10.1. The first-order valence-corrected chi connectivity index (χ1v) is 7.12. The molecule has 0 bridgehead atoms. The van der Waals surface area contributed by atoms with E-state index in [9.17, 15) is 4.39 Å². The highest BCUT2D eigenvalue weighted by molar-refractivity contribution is 9.10. The van der Waals surface area contributed by atoms with Crippen LogP contribution in [-0.4, -0.2) is 16.5 Å². The lowest BCUT2D eigenvalue weighted by Gasteiger charge is -2.14. The lowest BCUT2D eigenvalue weighted by Crippen LogP contribution is -2.20. The van der Waals surface area contributed by atoms with Gasteiger partial charge in [0.25, 0.3) is 0 Å². The van der Waals surface area contributed by atoms with Gasteiger partial charge in [-0.25, -0.2) is 9.37 Å². The summed E-state index contributed by atoms with van der Waals surface area (Å²) in [5, 5.41) is 3.42. The first-order valence-electron chi connectivity index (χ1n) is 6.33. The van der Waals surface area contributed by atoms with Gasteiger partial charge in [0, 0.05) is 24.9 Å². The van der Waals surface area contributed by atoms with Crippen LogP contribution in [0.25, 0.3) is 0 Å². The Labute approximate surface area is 120 Å². The number of nitrogens with one attached hydrogen (secondary N) is 2. The Morgan fingerprint density at radius 1 is 1.47 bits per heavy atom. The maximum Gasteiger partial charge on any atom is 0.137 e. The average molecular weight is 326 g/mol. The molecule has 0 aliphatic carbocycles. The Morgan fingerprint density at radius 2 is 2.32 bits per heavy atom. The maximum absolute atomic E-state index is 13.1. The molecule has 5 heteroatoms.